The van der Waals surface area contributed by atoms with Crippen molar-refractivity contribution in [3.05, 3.63) is 47.2 Å². The molecule has 2 aliphatic carbocycles. The summed E-state index contributed by atoms with van der Waals surface area (Å²) in [7, 11) is 0. The van der Waals surface area contributed by atoms with Crippen LogP contribution in [0.15, 0.2) is 34.8 Å². The lowest BCUT2D eigenvalue weighted by atomic mass is 9.91. The van der Waals surface area contributed by atoms with Crippen molar-refractivity contribution in [2.75, 3.05) is 6.54 Å². The van der Waals surface area contributed by atoms with Gasteiger partial charge >= 0.3 is 0 Å². The van der Waals surface area contributed by atoms with Gasteiger partial charge < -0.3 is 9.73 Å². The van der Waals surface area contributed by atoms with Gasteiger partial charge in [-0.05, 0) is 63.0 Å². The first kappa shape index (κ1) is 14.6. The Hall–Kier alpha value is -2.03. The summed E-state index contributed by atoms with van der Waals surface area (Å²) >= 11 is 0. The zero-order valence-electron chi connectivity index (χ0n) is 13.8. The number of allylic oxidation sites excluding steroid dienone is 2. The second-order valence-electron chi connectivity index (χ2n) is 7.14. The van der Waals surface area contributed by atoms with E-state index in [4.69, 9.17) is 4.42 Å². The fourth-order valence-corrected chi connectivity index (χ4v) is 4.23. The van der Waals surface area contributed by atoms with Crippen molar-refractivity contribution in [2.24, 2.45) is 17.8 Å². The number of hydrogen-bond acceptors (Lipinski definition) is 2. The molecule has 0 radical (unpaired) electrons. The van der Waals surface area contributed by atoms with E-state index in [2.05, 4.69) is 30.5 Å². The van der Waals surface area contributed by atoms with Crippen LogP contribution < -0.4 is 5.32 Å². The summed E-state index contributed by atoms with van der Waals surface area (Å²) < 4.78 is 5.76. The minimum absolute atomic E-state index is 0.0879. The predicted molar refractivity (Wildman–Crippen MR) is 91.5 cm³/mol. The summed E-state index contributed by atoms with van der Waals surface area (Å²) in [6.07, 6.45) is 8.40. The molecule has 23 heavy (non-hydrogen) atoms. The van der Waals surface area contributed by atoms with E-state index in [0.29, 0.717) is 5.76 Å². The lowest BCUT2D eigenvalue weighted by Crippen LogP contribution is -2.26. The molecule has 1 N–H and O–H groups in total. The molecule has 0 spiro atoms. The molecule has 1 aromatic heterocycles. The van der Waals surface area contributed by atoms with Crippen molar-refractivity contribution >= 4 is 16.9 Å². The highest BCUT2D eigenvalue weighted by Crippen LogP contribution is 2.44. The van der Waals surface area contributed by atoms with E-state index in [1.165, 1.54) is 18.4 Å². The molecule has 120 valence electrons. The third-order valence-corrected chi connectivity index (χ3v) is 5.51. The van der Waals surface area contributed by atoms with Gasteiger partial charge in [0.2, 0.25) is 0 Å². The second kappa shape index (κ2) is 5.55. The van der Waals surface area contributed by atoms with Gasteiger partial charge in [-0.3, -0.25) is 4.79 Å². The molecule has 3 atom stereocenters. The van der Waals surface area contributed by atoms with Crippen molar-refractivity contribution < 1.29 is 9.21 Å². The maximum absolute atomic E-state index is 12.4. The Bertz CT molecular complexity index is 786. The van der Waals surface area contributed by atoms with Crippen molar-refractivity contribution in [2.45, 2.75) is 33.1 Å². The van der Waals surface area contributed by atoms with Crippen LogP contribution in [-0.4, -0.2) is 12.5 Å². The molecule has 2 aromatic rings. The third kappa shape index (κ3) is 2.58. The number of hydrogen-bond donors (Lipinski definition) is 1. The van der Waals surface area contributed by atoms with Gasteiger partial charge in [-0.25, -0.2) is 0 Å². The molecule has 0 aliphatic heterocycles. The van der Waals surface area contributed by atoms with Crippen LogP contribution in [0.2, 0.25) is 0 Å². The molecule has 3 heteroatoms. The smallest absolute Gasteiger partial charge is 0.287 e. The molecule has 1 saturated carbocycles. The standard InChI is InChI=1S/C20H23NO2/c1-12-3-6-18-17(9-12)13(2)19(23-18)20(22)21-8-7-16-11-14-4-5-15(16)10-14/h3-6,9,14-16H,7-8,10-11H2,1-2H3,(H,21,22)/t14-,15+,16-/m1/s1. The Kier molecular flexibility index (Phi) is 3.51. The first-order chi connectivity index (χ1) is 11.1. The quantitative estimate of drug-likeness (QED) is 0.852. The number of rotatable bonds is 4. The molecule has 1 fully saturated rings. The first-order valence-corrected chi connectivity index (χ1v) is 8.58. The summed E-state index contributed by atoms with van der Waals surface area (Å²) in [5, 5.41) is 4.08. The van der Waals surface area contributed by atoms with Gasteiger partial charge in [0.05, 0.1) is 0 Å². The maximum Gasteiger partial charge on any atom is 0.287 e. The van der Waals surface area contributed by atoms with Gasteiger partial charge in [-0.2, -0.15) is 0 Å². The van der Waals surface area contributed by atoms with Crippen LogP contribution in [0, 0.1) is 31.6 Å². The number of amides is 1. The van der Waals surface area contributed by atoms with Crippen LogP contribution in [0.25, 0.3) is 11.0 Å². The Balaban J connectivity index is 1.41. The summed E-state index contributed by atoms with van der Waals surface area (Å²) in [4.78, 5) is 12.4. The monoisotopic (exact) mass is 309 g/mol. The van der Waals surface area contributed by atoms with E-state index >= 15 is 0 Å². The molecule has 2 bridgehead atoms. The summed E-state index contributed by atoms with van der Waals surface area (Å²) in [5.74, 6) is 2.65. The van der Waals surface area contributed by atoms with Gasteiger partial charge in [0.25, 0.3) is 5.91 Å². The summed E-state index contributed by atoms with van der Waals surface area (Å²) in [6, 6.07) is 6.03. The van der Waals surface area contributed by atoms with Gasteiger partial charge in [0.15, 0.2) is 5.76 Å². The largest absolute Gasteiger partial charge is 0.451 e. The Labute approximate surface area is 136 Å². The van der Waals surface area contributed by atoms with Crippen LogP contribution in [0.1, 0.15) is 40.9 Å². The topological polar surface area (TPSA) is 42.2 Å². The lowest BCUT2D eigenvalue weighted by molar-refractivity contribution is 0.0924. The fourth-order valence-electron chi connectivity index (χ4n) is 4.23. The van der Waals surface area contributed by atoms with Crippen molar-refractivity contribution in [1.29, 1.82) is 0 Å². The highest BCUT2D eigenvalue weighted by Gasteiger charge is 2.35. The molecule has 1 amide bonds. The molecule has 1 aromatic carbocycles. The number of aryl methyl sites for hydroxylation is 2. The summed E-state index contributed by atoms with van der Waals surface area (Å²) in [6.45, 7) is 4.74. The van der Waals surface area contributed by atoms with E-state index in [1.807, 2.05) is 19.1 Å². The average Bonchev–Trinajstić information content (AvgIpc) is 3.22. The SMILES string of the molecule is Cc1ccc2oc(C(=O)NCC[C@@H]3C[C@@H]4C=C[C@H]3C4)c(C)c2c1. The normalized spacial score (nSPS) is 25.4. The number of carbonyl (C=O) groups is 1. The minimum Gasteiger partial charge on any atom is -0.451 e. The van der Waals surface area contributed by atoms with E-state index in [9.17, 15) is 4.79 Å². The van der Waals surface area contributed by atoms with Crippen LogP contribution >= 0.6 is 0 Å². The fraction of sp³-hybridized carbons (Fsp3) is 0.450. The summed E-state index contributed by atoms with van der Waals surface area (Å²) in [5.41, 5.74) is 2.90. The van der Waals surface area contributed by atoms with Crippen molar-refractivity contribution in [1.82, 2.24) is 5.32 Å². The zero-order chi connectivity index (χ0) is 16.0. The van der Waals surface area contributed by atoms with Crippen LogP contribution in [-0.2, 0) is 0 Å². The Morgan fingerprint density at radius 3 is 2.87 bits per heavy atom. The number of furan rings is 1. The molecule has 1 heterocycles. The molecule has 4 rings (SSSR count). The van der Waals surface area contributed by atoms with Crippen molar-refractivity contribution in [3.63, 3.8) is 0 Å². The predicted octanol–water partition coefficient (Wildman–Crippen LogP) is 4.38. The molecular weight excluding hydrogens is 286 g/mol. The third-order valence-electron chi connectivity index (χ3n) is 5.51. The van der Waals surface area contributed by atoms with Gasteiger partial charge in [0, 0.05) is 17.5 Å². The Morgan fingerprint density at radius 2 is 2.13 bits per heavy atom. The number of fused-ring (bicyclic) bond motifs is 3. The zero-order valence-corrected chi connectivity index (χ0v) is 13.8. The molecule has 0 saturated heterocycles. The number of nitrogens with one attached hydrogen (secondary N) is 1. The van der Waals surface area contributed by atoms with Crippen LogP contribution in [0.3, 0.4) is 0 Å². The first-order valence-electron chi connectivity index (χ1n) is 8.58. The van der Waals surface area contributed by atoms with Crippen LogP contribution in [0.5, 0.6) is 0 Å². The maximum atomic E-state index is 12.4. The number of benzene rings is 1. The van der Waals surface area contributed by atoms with Crippen LogP contribution in [0.4, 0.5) is 0 Å². The van der Waals surface area contributed by atoms with E-state index in [1.54, 1.807) is 0 Å². The van der Waals surface area contributed by atoms with Gasteiger partial charge in [-0.1, -0.05) is 23.8 Å². The van der Waals surface area contributed by atoms with E-state index < -0.39 is 0 Å². The van der Waals surface area contributed by atoms with Gasteiger partial charge in [0.1, 0.15) is 5.58 Å². The highest BCUT2D eigenvalue weighted by atomic mass is 16.3. The highest BCUT2D eigenvalue weighted by molar-refractivity contribution is 5.99. The number of carbonyl (C=O) groups excluding carboxylic acids is 1. The molecule has 2 aliphatic rings. The molecular formula is C20H23NO2. The van der Waals surface area contributed by atoms with Gasteiger partial charge in [-0.15, -0.1) is 0 Å². The minimum atomic E-state index is -0.0879. The second-order valence-corrected chi connectivity index (χ2v) is 7.14. The lowest BCUT2D eigenvalue weighted by Gasteiger charge is -2.17. The molecule has 3 nitrogen and oxygen atoms in total. The average molecular weight is 309 g/mol. The van der Waals surface area contributed by atoms with E-state index in [-0.39, 0.29) is 5.91 Å². The Morgan fingerprint density at radius 1 is 1.26 bits per heavy atom. The van der Waals surface area contributed by atoms with Crippen molar-refractivity contribution in [3.8, 4) is 0 Å². The van der Waals surface area contributed by atoms with E-state index in [0.717, 1.165) is 47.3 Å². The molecule has 0 unspecified atom stereocenters.